The second kappa shape index (κ2) is 7.21. The Morgan fingerprint density at radius 3 is 2.62 bits per heavy atom. The minimum absolute atomic E-state index is 0.177. The highest BCUT2D eigenvalue weighted by atomic mass is 32.2. The molecule has 0 aromatic rings. The molecule has 2 unspecified atom stereocenters. The number of carbonyl (C=O) groups excluding carboxylic acids is 1. The van der Waals surface area contributed by atoms with Crippen molar-refractivity contribution < 1.29 is 9.53 Å². The van der Waals surface area contributed by atoms with Gasteiger partial charge in [-0.05, 0) is 13.5 Å². The van der Waals surface area contributed by atoms with Crippen LogP contribution < -0.4 is 5.32 Å². The van der Waals surface area contributed by atoms with Crippen LogP contribution in [0.15, 0.2) is 0 Å². The Morgan fingerprint density at radius 1 is 1.62 bits per heavy atom. The third-order valence-electron chi connectivity index (χ3n) is 1.96. The molecular weight excluding hydrogens is 186 g/mol. The topological polar surface area (TPSA) is 38.3 Å². The van der Waals surface area contributed by atoms with E-state index in [4.69, 9.17) is 0 Å². The van der Waals surface area contributed by atoms with Crippen molar-refractivity contribution in [2.24, 2.45) is 0 Å². The molecule has 2 atom stereocenters. The highest BCUT2D eigenvalue weighted by Gasteiger charge is 2.17. The summed E-state index contributed by atoms with van der Waals surface area (Å²) in [6.07, 6.45) is 1.13. The van der Waals surface area contributed by atoms with E-state index in [9.17, 15) is 4.79 Å². The van der Waals surface area contributed by atoms with Gasteiger partial charge in [-0.3, -0.25) is 4.79 Å². The normalized spacial score (nSPS) is 15.1. The van der Waals surface area contributed by atoms with E-state index in [-0.39, 0.29) is 12.0 Å². The number of hydrogen-bond acceptors (Lipinski definition) is 4. The van der Waals surface area contributed by atoms with Gasteiger partial charge in [0.15, 0.2) is 0 Å². The summed E-state index contributed by atoms with van der Waals surface area (Å²) in [7, 11) is 3.19. The molecule has 0 aromatic heterocycles. The van der Waals surface area contributed by atoms with Crippen molar-refractivity contribution in [3.8, 4) is 0 Å². The van der Waals surface area contributed by atoms with Crippen molar-refractivity contribution in [2.75, 3.05) is 19.9 Å². The lowest BCUT2D eigenvalue weighted by Crippen LogP contribution is -2.37. The first kappa shape index (κ1) is 12.8. The minimum atomic E-state index is -0.182. The molecule has 0 aliphatic carbocycles. The molecule has 0 fully saturated rings. The standard InChI is InChI=1S/C9H19NO2S/c1-5-7(2)13-6-8(10-3)9(11)12-4/h7-8,10H,5-6H2,1-4H3. The summed E-state index contributed by atoms with van der Waals surface area (Å²) >= 11 is 1.79. The quantitative estimate of drug-likeness (QED) is 0.663. The van der Waals surface area contributed by atoms with Crippen LogP contribution in [0.25, 0.3) is 0 Å². The zero-order chi connectivity index (χ0) is 10.3. The number of methoxy groups -OCH3 is 1. The molecule has 3 nitrogen and oxygen atoms in total. The lowest BCUT2D eigenvalue weighted by molar-refractivity contribution is -0.142. The molecule has 0 saturated heterocycles. The van der Waals surface area contributed by atoms with Gasteiger partial charge in [-0.2, -0.15) is 11.8 Å². The summed E-state index contributed by atoms with van der Waals surface area (Å²) < 4.78 is 4.65. The van der Waals surface area contributed by atoms with Gasteiger partial charge < -0.3 is 10.1 Å². The first-order valence-electron chi connectivity index (χ1n) is 4.52. The summed E-state index contributed by atoms with van der Waals surface area (Å²) in [4.78, 5) is 11.1. The Morgan fingerprint density at radius 2 is 2.23 bits per heavy atom. The lowest BCUT2D eigenvalue weighted by Gasteiger charge is -2.15. The van der Waals surface area contributed by atoms with Crippen LogP contribution >= 0.6 is 11.8 Å². The third kappa shape index (κ3) is 5.16. The minimum Gasteiger partial charge on any atom is -0.468 e. The summed E-state index contributed by atoms with van der Waals surface area (Å²) in [6, 6.07) is -0.177. The molecule has 0 spiro atoms. The van der Waals surface area contributed by atoms with Gasteiger partial charge in [0.25, 0.3) is 0 Å². The van der Waals surface area contributed by atoms with E-state index >= 15 is 0 Å². The molecule has 1 N–H and O–H groups in total. The number of likely N-dealkylation sites (N-methyl/N-ethyl adjacent to an activating group) is 1. The number of thioether (sulfide) groups is 1. The van der Waals surface area contributed by atoms with Crippen LogP contribution in [0.1, 0.15) is 20.3 Å². The van der Waals surface area contributed by atoms with E-state index in [0.29, 0.717) is 5.25 Å². The summed E-state index contributed by atoms with van der Waals surface area (Å²) in [5.41, 5.74) is 0. The van der Waals surface area contributed by atoms with Gasteiger partial charge in [0, 0.05) is 11.0 Å². The number of ether oxygens (including phenoxy) is 1. The first-order chi connectivity index (χ1) is 6.15. The second-order valence-corrected chi connectivity index (χ2v) is 4.39. The van der Waals surface area contributed by atoms with Crippen LogP contribution in [-0.2, 0) is 9.53 Å². The van der Waals surface area contributed by atoms with Crippen LogP contribution in [0.4, 0.5) is 0 Å². The molecule has 0 aliphatic heterocycles. The van der Waals surface area contributed by atoms with Gasteiger partial charge in [0.05, 0.1) is 7.11 Å². The van der Waals surface area contributed by atoms with Gasteiger partial charge >= 0.3 is 5.97 Å². The van der Waals surface area contributed by atoms with Gasteiger partial charge in [-0.1, -0.05) is 13.8 Å². The Hall–Kier alpha value is -0.220. The largest absolute Gasteiger partial charge is 0.468 e. The molecule has 0 amide bonds. The smallest absolute Gasteiger partial charge is 0.323 e. The Balaban J connectivity index is 3.78. The SMILES string of the molecule is CCC(C)SCC(NC)C(=O)OC. The number of hydrogen-bond donors (Lipinski definition) is 1. The number of rotatable bonds is 6. The highest BCUT2D eigenvalue weighted by molar-refractivity contribution is 7.99. The Labute approximate surface area is 84.6 Å². The monoisotopic (exact) mass is 205 g/mol. The first-order valence-corrected chi connectivity index (χ1v) is 5.57. The number of carbonyl (C=O) groups is 1. The van der Waals surface area contributed by atoms with E-state index in [1.54, 1.807) is 18.8 Å². The molecule has 0 aliphatic rings. The average molecular weight is 205 g/mol. The van der Waals surface area contributed by atoms with Crippen LogP contribution in [0, 0.1) is 0 Å². The third-order valence-corrected chi connectivity index (χ3v) is 3.38. The van der Waals surface area contributed by atoms with E-state index < -0.39 is 0 Å². The molecule has 0 saturated carbocycles. The van der Waals surface area contributed by atoms with Crippen LogP contribution in [0.5, 0.6) is 0 Å². The average Bonchev–Trinajstić information content (AvgIpc) is 2.17. The molecule has 13 heavy (non-hydrogen) atoms. The van der Waals surface area contributed by atoms with E-state index in [1.807, 2.05) is 0 Å². The molecule has 78 valence electrons. The maximum absolute atomic E-state index is 11.1. The molecule has 0 rings (SSSR count). The van der Waals surface area contributed by atoms with Crippen molar-refractivity contribution in [3.05, 3.63) is 0 Å². The van der Waals surface area contributed by atoms with Crippen molar-refractivity contribution in [1.82, 2.24) is 5.32 Å². The Kier molecular flexibility index (Phi) is 7.09. The molecule has 0 heterocycles. The molecule has 0 radical (unpaired) electrons. The van der Waals surface area contributed by atoms with Crippen LogP contribution in [0.2, 0.25) is 0 Å². The zero-order valence-electron chi connectivity index (χ0n) is 8.79. The molecule has 4 heteroatoms. The van der Waals surface area contributed by atoms with Gasteiger partial charge in [0.1, 0.15) is 6.04 Å². The van der Waals surface area contributed by atoms with Crippen molar-refractivity contribution in [1.29, 1.82) is 0 Å². The van der Waals surface area contributed by atoms with Crippen molar-refractivity contribution in [2.45, 2.75) is 31.6 Å². The molecule has 0 aromatic carbocycles. The summed E-state index contributed by atoms with van der Waals surface area (Å²) in [6.45, 7) is 4.30. The van der Waals surface area contributed by atoms with Gasteiger partial charge in [-0.25, -0.2) is 0 Å². The van der Waals surface area contributed by atoms with Crippen molar-refractivity contribution >= 4 is 17.7 Å². The van der Waals surface area contributed by atoms with Crippen molar-refractivity contribution in [3.63, 3.8) is 0 Å². The summed E-state index contributed by atoms with van der Waals surface area (Å²) in [5.74, 6) is 0.594. The number of esters is 1. The van der Waals surface area contributed by atoms with Crippen LogP contribution in [-0.4, -0.2) is 37.2 Å². The highest BCUT2D eigenvalue weighted by Crippen LogP contribution is 2.14. The fraction of sp³-hybridized carbons (Fsp3) is 0.889. The summed E-state index contributed by atoms with van der Waals surface area (Å²) in [5, 5.41) is 3.53. The maximum Gasteiger partial charge on any atom is 0.323 e. The number of nitrogens with one attached hydrogen (secondary N) is 1. The maximum atomic E-state index is 11.1. The second-order valence-electron chi connectivity index (χ2n) is 2.92. The van der Waals surface area contributed by atoms with Gasteiger partial charge in [0.2, 0.25) is 0 Å². The predicted octanol–water partition coefficient (Wildman–Crippen LogP) is 1.28. The van der Waals surface area contributed by atoms with Crippen LogP contribution in [0.3, 0.4) is 0 Å². The predicted molar refractivity (Wildman–Crippen MR) is 57.1 cm³/mol. The van der Waals surface area contributed by atoms with Gasteiger partial charge in [-0.15, -0.1) is 0 Å². The fourth-order valence-corrected chi connectivity index (χ4v) is 1.85. The molecule has 0 bridgehead atoms. The zero-order valence-corrected chi connectivity index (χ0v) is 9.61. The fourth-order valence-electron chi connectivity index (χ4n) is 0.790. The molecular formula is C9H19NO2S. The van der Waals surface area contributed by atoms with E-state index in [1.165, 1.54) is 7.11 Å². The van der Waals surface area contributed by atoms with E-state index in [2.05, 4.69) is 23.9 Å². The van der Waals surface area contributed by atoms with E-state index in [0.717, 1.165) is 12.2 Å². The Bertz CT molecular complexity index is 153. The lowest BCUT2D eigenvalue weighted by atomic mass is 10.3.